The van der Waals surface area contributed by atoms with Crippen molar-refractivity contribution in [2.24, 2.45) is 7.05 Å². The van der Waals surface area contributed by atoms with Gasteiger partial charge in [-0.25, -0.2) is 8.42 Å². The Bertz CT molecular complexity index is 860. The van der Waals surface area contributed by atoms with Crippen molar-refractivity contribution in [1.29, 1.82) is 0 Å². The maximum atomic E-state index is 12.7. The van der Waals surface area contributed by atoms with Crippen molar-refractivity contribution in [3.63, 3.8) is 0 Å². The number of aromatic nitrogens is 2. The number of hydrogen-bond donors (Lipinski definition) is 1. The molecule has 0 atom stereocenters. The number of aryl methyl sites for hydroxylation is 1. The van der Waals surface area contributed by atoms with Gasteiger partial charge >= 0.3 is 0 Å². The Morgan fingerprint density at radius 1 is 1.31 bits per heavy atom. The van der Waals surface area contributed by atoms with Crippen molar-refractivity contribution in [3.8, 4) is 0 Å². The molecule has 1 aromatic heterocycles. The van der Waals surface area contributed by atoms with Gasteiger partial charge in [-0.1, -0.05) is 29.8 Å². The fourth-order valence-electron chi connectivity index (χ4n) is 3.24. The quantitative estimate of drug-likeness (QED) is 0.814. The molecule has 6 nitrogen and oxygen atoms in total. The zero-order valence-corrected chi connectivity index (χ0v) is 16.7. The lowest BCUT2D eigenvalue weighted by molar-refractivity contribution is 0.446. The number of rotatable bonds is 6. The lowest BCUT2D eigenvalue weighted by Crippen LogP contribution is -2.28. The summed E-state index contributed by atoms with van der Waals surface area (Å²) in [6.45, 7) is 2.30. The van der Waals surface area contributed by atoms with Crippen LogP contribution in [0.1, 0.15) is 35.7 Å². The third-order valence-corrected chi connectivity index (χ3v) is 7.03. The van der Waals surface area contributed by atoms with E-state index in [1.54, 1.807) is 36.0 Å². The van der Waals surface area contributed by atoms with E-state index >= 15 is 0 Å². The van der Waals surface area contributed by atoms with Crippen LogP contribution in [-0.4, -0.2) is 42.6 Å². The van der Waals surface area contributed by atoms with Gasteiger partial charge in [-0.05, 0) is 43.6 Å². The molecule has 8 heteroatoms. The van der Waals surface area contributed by atoms with Crippen LogP contribution in [0, 0.1) is 0 Å². The van der Waals surface area contributed by atoms with Crippen LogP contribution >= 0.6 is 11.6 Å². The second-order valence-corrected chi connectivity index (χ2v) is 9.30. The van der Waals surface area contributed by atoms with Crippen LogP contribution in [0.25, 0.3) is 0 Å². The zero-order chi connectivity index (χ0) is 18.7. The molecule has 2 aromatic rings. The molecule has 1 aromatic carbocycles. The minimum atomic E-state index is -3.47. The summed E-state index contributed by atoms with van der Waals surface area (Å²) >= 11 is 6.11. The molecule has 0 unspecified atom stereocenters. The first-order valence-corrected chi connectivity index (χ1v) is 10.8. The van der Waals surface area contributed by atoms with E-state index in [1.165, 1.54) is 4.31 Å². The van der Waals surface area contributed by atoms with Gasteiger partial charge in [0.25, 0.3) is 0 Å². The number of nitrogens with zero attached hydrogens (tertiary/aromatic N) is 3. The standard InChI is InChI=1S/C18H25ClN4O2S/c1-22(26(24,25)13-15-5-3-4-6-17(15)19)12-16-11-18(21-23(16)2)14-7-9-20-10-8-14/h3-6,11,14,20H,7-10,12-13H2,1-2H3. The minimum Gasteiger partial charge on any atom is -0.317 e. The molecule has 1 aliphatic rings. The van der Waals surface area contributed by atoms with E-state index in [0.717, 1.165) is 37.3 Å². The van der Waals surface area contributed by atoms with Crippen LogP contribution < -0.4 is 5.32 Å². The monoisotopic (exact) mass is 396 g/mol. The number of nitrogens with one attached hydrogen (secondary N) is 1. The van der Waals surface area contributed by atoms with Gasteiger partial charge in [0, 0.05) is 25.0 Å². The number of benzene rings is 1. The number of hydrogen-bond acceptors (Lipinski definition) is 4. The van der Waals surface area contributed by atoms with Crippen molar-refractivity contribution in [1.82, 2.24) is 19.4 Å². The summed E-state index contributed by atoms with van der Waals surface area (Å²) in [4.78, 5) is 0. The van der Waals surface area contributed by atoms with E-state index in [9.17, 15) is 8.42 Å². The number of halogens is 1. The van der Waals surface area contributed by atoms with E-state index < -0.39 is 10.0 Å². The van der Waals surface area contributed by atoms with Crippen molar-refractivity contribution in [2.45, 2.75) is 31.1 Å². The van der Waals surface area contributed by atoms with E-state index in [2.05, 4.69) is 10.4 Å². The summed E-state index contributed by atoms with van der Waals surface area (Å²) in [5, 5.41) is 8.44. The van der Waals surface area contributed by atoms with Gasteiger partial charge in [0.1, 0.15) is 0 Å². The van der Waals surface area contributed by atoms with Crippen LogP contribution in [0.2, 0.25) is 5.02 Å². The van der Waals surface area contributed by atoms with Crippen LogP contribution in [0.15, 0.2) is 30.3 Å². The van der Waals surface area contributed by atoms with E-state index in [4.69, 9.17) is 11.6 Å². The Kier molecular flexibility index (Phi) is 6.02. The van der Waals surface area contributed by atoms with Crippen molar-refractivity contribution < 1.29 is 8.42 Å². The van der Waals surface area contributed by atoms with Crippen LogP contribution in [-0.2, 0) is 29.4 Å². The van der Waals surface area contributed by atoms with Gasteiger partial charge in [-0.15, -0.1) is 0 Å². The molecule has 0 aliphatic carbocycles. The molecule has 0 bridgehead atoms. The largest absolute Gasteiger partial charge is 0.317 e. The second kappa shape index (κ2) is 8.08. The first-order valence-electron chi connectivity index (χ1n) is 8.78. The van der Waals surface area contributed by atoms with Crippen LogP contribution in [0.5, 0.6) is 0 Å². The second-order valence-electron chi connectivity index (χ2n) is 6.81. The predicted octanol–water partition coefficient (Wildman–Crippen LogP) is 2.50. The smallest absolute Gasteiger partial charge is 0.218 e. The van der Waals surface area contributed by atoms with E-state index in [1.807, 2.05) is 13.1 Å². The Morgan fingerprint density at radius 2 is 2.00 bits per heavy atom. The lowest BCUT2D eigenvalue weighted by Gasteiger charge is -2.20. The summed E-state index contributed by atoms with van der Waals surface area (Å²) in [6, 6.07) is 9.08. The summed E-state index contributed by atoms with van der Waals surface area (Å²) in [5.41, 5.74) is 2.56. The summed E-state index contributed by atoms with van der Waals surface area (Å²) in [6.07, 6.45) is 2.13. The summed E-state index contributed by atoms with van der Waals surface area (Å²) in [7, 11) is 0.00144. The van der Waals surface area contributed by atoms with E-state index in [-0.39, 0.29) is 5.75 Å². The lowest BCUT2D eigenvalue weighted by atomic mass is 9.95. The van der Waals surface area contributed by atoms with Crippen molar-refractivity contribution >= 4 is 21.6 Å². The number of sulfonamides is 1. The molecular formula is C18H25ClN4O2S. The Morgan fingerprint density at radius 3 is 2.69 bits per heavy atom. The molecule has 0 amide bonds. The molecule has 0 radical (unpaired) electrons. The number of piperidine rings is 1. The SMILES string of the molecule is CN(Cc1cc(C2CCNCC2)nn1C)S(=O)(=O)Cc1ccccc1Cl. The highest BCUT2D eigenvalue weighted by Crippen LogP contribution is 2.25. The Balaban J connectivity index is 1.71. The van der Waals surface area contributed by atoms with Crippen LogP contribution in [0.4, 0.5) is 0 Å². The molecule has 26 heavy (non-hydrogen) atoms. The highest BCUT2D eigenvalue weighted by molar-refractivity contribution is 7.88. The van der Waals surface area contributed by atoms with Gasteiger partial charge in [0.05, 0.1) is 23.7 Å². The fraction of sp³-hybridized carbons (Fsp3) is 0.500. The van der Waals surface area contributed by atoms with Crippen molar-refractivity contribution in [2.75, 3.05) is 20.1 Å². The highest BCUT2D eigenvalue weighted by Gasteiger charge is 2.23. The molecule has 0 spiro atoms. The molecule has 0 saturated carbocycles. The topological polar surface area (TPSA) is 67.2 Å². The van der Waals surface area contributed by atoms with Crippen LogP contribution in [0.3, 0.4) is 0 Å². The van der Waals surface area contributed by atoms with Gasteiger partial charge in [-0.2, -0.15) is 9.40 Å². The molecular weight excluding hydrogens is 372 g/mol. The normalized spacial score (nSPS) is 16.3. The minimum absolute atomic E-state index is 0.109. The van der Waals surface area contributed by atoms with Gasteiger partial charge < -0.3 is 5.32 Å². The maximum Gasteiger partial charge on any atom is 0.218 e. The maximum absolute atomic E-state index is 12.7. The first kappa shape index (κ1) is 19.4. The molecule has 142 valence electrons. The first-order chi connectivity index (χ1) is 12.4. The molecule has 2 heterocycles. The third-order valence-electron chi connectivity index (χ3n) is 4.91. The highest BCUT2D eigenvalue weighted by atomic mass is 35.5. The fourth-order valence-corrected chi connectivity index (χ4v) is 4.72. The average Bonchev–Trinajstić information content (AvgIpc) is 2.98. The third kappa shape index (κ3) is 4.46. The average molecular weight is 397 g/mol. The van der Waals surface area contributed by atoms with Gasteiger partial charge in [-0.3, -0.25) is 4.68 Å². The molecule has 1 aliphatic heterocycles. The summed E-state index contributed by atoms with van der Waals surface area (Å²) < 4.78 is 28.6. The molecule has 1 fully saturated rings. The van der Waals surface area contributed by atoms with E-state index in [0.29, 0.717) is 23.0 Å². The van der Waals surface area contributed by atoms with Crippen molar-refractivity contribution in [3.05, 3.63) is 52.3 Å². The zero-order valence-electron chi connectivity index (χ0n) is 15.2. The Labute approximate surface area is 160 Å². The van der Waals surface area contributed by atoms with Gasteiger partial charge in [0.2, 0.25) is 10.0 Å². The Hall–Kier alpha value is -1.41. The van der Waals surface area contributed by atoms with Gasteiger partial charge in [0.15, 0.2) is 0 Å². The summed E-state index contributed by atoms with van der Waals surface area (Å²) in [5.74, 6) is 0.337. The molecule has 1 saturated heterocycles. The predicted molar refractivity (Wildman–Crippen MR) is 104 cm³/mol. The molecule has 1 N–H and O–H groups in total. The molecule has 3 rings (SSSR count).